The van der Waals surface area contributed by atoms with Gasteiger partial charge in [-0.15, -0.1) is 0 Å². The van der Waals surface area contributed by atoms with Gasteiger partial charge in [-0.25, -0.2) is 9.37 Å². The Kier molecular flexibility index (Phi) is 3.10. The molecular weight excluding hydrogens is 207 g/mol. The van der Waals surface area contributed by atoms with Crippen LogP contribution in [0.25, 0.3) is 0 Å². The van der Waals surface area contributed by atoms with E-state index in [-0.39, 0.29) is 6.61 Å². The number of halogens is 1. The van der Waals surface area contributed by atoms with Crippen LogP contribution >= 0.6 is 0 Å². The Morgan fingerprint density at radius 3 is 2.88 bits per heavy atom. The number of hydrogen-bond acceptors (Lipinski definition) is 3. The highest BCUT2D eigenvalue weighted by atomic mass is 19.1. The van der Waals surface area contributed by atoms with Crippen LogP contribution in [0.1, 0.15) is 25.3 Å². The van der Waals surface area contributed by atoms with Gasteiger partial charge in [0.15, 0.2) is 0 Å². The summed E-state index contributed by atoms with van der Waals surface area (Å²) < 4.78 is 13.0. The predicted molar refractivity (Wildman–Crippen MR) is 60.7 cm³/mol. The van der Waals surface area contributed by atoms with Gasteiger partial charge >= 0.3 is 0 Å². The van der Waals surface area contributed by atoms with E-state index in [1.165, 1.54) is 25.1 Å². The second kappa shape index (κ2) is 4.37. The van der Waals surface area contributed by atoms with E-state index in [4.69, 9.17) is 0 Å². The summed E-state index contributed by atoms with van der Waals surface area (Å²) in [4.78, 5) is 6.10. The van der Waals surface area contributed by atoms with Crippen molar-refractivity contribution >= 4 is 5.82 Å². The third-order valence-corrected chi connectivity index (χ3v) is 3.33. The van der Waals surface area contributed by atoms with Gasteiger partial charge < -0.3 is 10.0 Å². The lowest BCUT2D eigenvalue weighted by Gasteiger charge is -2.27. The van der Waals surface area contributed by atoms with Crippen LogP contribution in [0.2, 0.25) is 0 Å². The number of anilines is 1. The maximum atomic E-state index is 13.0. The van der Waals surface area contributed by atoms with Crippen molar-refractivity contribution in [2.24, 2.45) is 5.92 Å². The molecule has 2 rings (SSSR count). The van der Waals surface area contributed by atoms with E-state index in [2.05, 4.69) is 11.9 Å². The Morgan fingerprint density at radius 2 is 2.31 bits per heavy atom. The monoisotopic (exact) mass is 224 g/mol. The first-order valence-electron chi connectivity index (χ1n) is 5.61. The molecule has 0 spiro atoms. The fourth-order valence-corrected chi connectivity index (χ4v) is 2.00. The summed E-state index contributed by atoms with van der Waals surface area (Å²) >= 11 is 0. The van der Waals surface area contributed by atoms with E-state index in [0.29, 0.717) is 23.3 Å². The van der Waals surface area contributed by atoms with Crippen LogP contribution in [0.15, 0.2) is 12.3 Å². The first-order valence-corrected chi connectivity index (χ1v) is 5.61. The second-order valence-electron chi connectivity index (χ2n) is 4.48. The summed E-state index contributed by atoms with van der Waals surface area (Å²) in [6, 6.07) is 1.74. The van der Waals surface area contributed by atoms with Gasteiger partial charge in [-0.05, 0) is 31.7 Å². The zero-order chi connectivity index (χ0) is 11.7. The van der Waals surface area contributed by atoms with Crippen LogP contribution in [0.3, 0.4) is 0 Å². The summed E-state index contributed by atoms with van der Waals surface area (Å²) in [7, 11) is 1.95. The Balaban J connectivity index is 2.23. The lowest BCUT2D eigenvalue weighted by Crippen LogP contribution is -2.32. The molecule has 88 valence electrons. The second-order valence-corrected chi connectivity index (χ2v) is 4.48. The number of aliphatic hydroxyl groups is 1. The molecule has 0 bridgehead atoms. The first kappa shape index (κ1) is 11.3. The minimum Gasteiger partial charge on any atom is -0.392 e. The van der Waals surface area contributed by atoms with E-state index in [0.717, 1.165) is 0 Å². The van der Waals surface area contributed by atoms with Gasteiger partial charge in [-0.1, -0.05) is 0 Å². The van der Waals surface area contributed by atoms with Crippen molar-refractivity contribution in [3.8, 4) is 0 Å². The average molecular weight is 224 g/mol. The van der Waals surface area contributed by atoms with E-state index >= 15 is 0 Å². The fraction of sp³-hybridized carbons (Fsp3) is 0.583. The Morgan fingerprint density at radius 1 is 1.62 bits per heavy atom. The van der Waals surface area contributed by atoms with Crippen LogP contribution in [0.5, 0.6) is 0 Å². The quantitative estimate of drug-likeness (QED) is 0.849. The number of nitrogens with zero attached hydrogens (tertiary/aromatic N) is 2. The molecule has 1 unspecified atom stereocenters. The Hall–Kier alpha value is -1.16. The van der Waals surface area contributed by atoms with Crippen LogP contribution < -0.4 is 4.90 Å². The molecule has 0 radical (unpaired) electrons. The molecule has 1 fully saturated rings. The van der Waals surface area contributed by atoms with Crippen LogP contribution in [0.4, 0.5) is 10.2 Å². The normalized spacial score (nSPS) is 17.2. The maximum Gasteiger partial charge on any atom is 0.142 e. The molecule has 1 heterocycles. The van der Waals surface area contributed by atoms with Crippen LogP contribution in [-0.2, 0) is 6.61 Å². The molecule has 1 N–H and O–H groups in total. The summed E-state index contributed by atoms with van der Waals surface area (Å²) in [5, 5.41) is 9.19. The van der Waals surface area contributed by atoms with Crippen LogP contribution in [0, 0.1) is 11.7 Å². The maximum absolute atomic E-state index is 13.0. The van der Waals surface area contributed by atoms with Gasteiger partial charge in [-0.2, -0.15) is 0 Å². The number of pyridine rings is 1. The van der Waals surface area contributed by atoms with Gasteiger partial charge in [0.1, 0.15) is 11.6 Å². The molecule has 0 aliphatic heterocycles. The third-order valence-electron chi connectivity index (χ3n) is 3.33. The topological polar surface area (TPSA) is 36.4 Å². The lowest BCUT2D eigenvalue weighted by atomic mass is 10.1. The highest BCUT2D eigenvalue weighted by Crippen LogP contribution is 2.36. The van der Waals surface area contributed by atoms with E-state index in [1.54, 1.807) is 0 Å². The first-order chi connectivity index (χ1) is 7.63. The average Bonchev–Trinajstić information content (AvgIpc) is 3.10. The zero-order valence-electron chi connectivity index (χ0n) is 9.65. The molecule has 3 nitrogen and oxygen atoms in total. The smallest absolute Gasteiger partial charge is 0.142 e. The minimum absolute atomic E-state index is 0.179. The highest BCUT2D eigenvalue weighted by Gasteiger charge is 2.31. The van der Waals surface area contributed by atoms with Crippen molar-refractivity contribution in [1.29, 1.82) is 0 Å². The molecule has 1 aliphatic carbocycles. The zero-order valence-corrected chi connectivity index (χ0v) is 9.65. The van der Waals surface area contributed by atoms with Crippen molar-refractivity contribution < 1.29 is 9.50 Å². The van der Waals surface area contributed by atoms with Crippen molar-refractivity contribution in [3.05, 3.63) is 23.6 Å². The van der Waals surface area contributed by atoms with Crippen LogP contribution in [-0.4, -0.2) is 23.2 Å². The number of rotatable bonds is 4. The fourth-order valence-electron chi connectivity index (χ4n) is 2.00. The highest BCUT2D eigenvalue weighted by molar-refractivity contribution is 5.47. The van der Waals surface area contributed by atoms with Crippen molar-refractivity contribution in [2.45, 2.75) is 32.4 Å². The minimum atomic E-state index is -0.403. The molecule has 4 heteroatoms. The lowest BCUT2D eigenvalue weighted by molar-refractivity contribution is 0.280. The number of aliphatic hydroxyl groups excluding tert-OH is 1. The molecular formula is C12H17FN2O. The van der Waals surface area contributed by atoms with Crippen molar-refractivity contribution in [3.63, 3.8) is 0 Å². The Labute approximate surface area is 94.9 Å². The standard InChI is InChI=1S/C12H17FN2O/c1-8(9-3-4-9)15(2)12-10(7-16)5-11(13)6-14-12/h5-6,8-9,16H,3-4,7H2,1-2H3. The molecule has 1 aliphatic rings. The third kappa shape index (κ3) is 2.16. The molecule has 1 saturated carbocycles. The predicted octanol–water partition coefficient (Wildman–Crippen LogP) is 1.95. The van der Waals surface area contributed by atoms with Gasteiger partial charge in [0, 0.05) is 18.7 Å². The molecule has 0 aromatic carbocycles. The molecule has 1 aromatic rings. The van der Waals surface area contributed by atoms with Crippen molar-refractivity contribution in [2.75, 3.05) is 11.9 Å². The van der Waals surface area contributed by atoms with E-state index in [1.807, 2.05) is 11.9 Å². The summed E-state index contributed by atoms with van der Waals surface area (Å²) in [6.07, 6.45) is 3.70. The summed E-state index contributed by atoms with van der Waals surface area (Å²) in [6.45, 7) is 1.96. The van der Waals surface area contributed by atoms with Gasteiger partial charge in [0.25, 0.3) is 0 Å². The number of hydrogen-bond donors (Lipinski definition) is 1. The van der Waals surface area contributed by atoms with Gasteiger partial charge in [-0.3, -0.25) is 0 Å². The van der Waals surface area contributed by atoms with E-state index < -0.39 is 5.82 Å². The SMILES string of the molecule is CC(C1CC1)N(C)c1ncc(F)cc1CO. The molecule has 0 amide bonds. The number of aromatic nitrogens is 1. The Bertz CT molecular complexity index is 379. The molecule has 1 aromatic heterocycles. The molecule has 1 atom stereocenters. The van der Waals surface area contributed by atoms with Gasteiger partial charge in [0.2, 0.25) is 0 Å². The molecule has 16 heavy (non-hydrogen) atoms. The molecule has 0 saturated heterocycles. The summed E-state index contributed by atoms with van der Waals surface area (Å²) in [5.74, 6) is 0.993. The van der Waals surface area contributed by atoms with E-state index in [9.17, 15) is 9.50 Å². The van der Waals surface area contributed by atoms with Crippen molar-refractivity contribution in [1.82, 2.24) is 4.98 Å². The van der Waals surface area contributed by atoms with Gasteiger partial charge in [0.05, 0.1) is 12.8 Å². The summed E-state index contributed by atoms with van der Waals surface area (Å²) in [5.41, 5.74) is 0.551. The largest absolute Gasteiger partial charge is 0.392 e.